The number of hydrogen-bond acceptors (Lipinski definition) is 3. The zero-order valence-corrected chi connectivity index (χ0v) is 16.4. The average Bonchev–Trinajstić information content (AvgIpc) is 3.34. The molecule has 0 atom stereocenters. The van der Waals surface area contributed by atoms with Gasteiger partial charge in [-0.15, -0.1) is 0 Å². The maximum atomic E-state index is 9.01. The maximum Gasteiger partial charge on any atom is 0.144 e. The molecule has 2 aromatic carbocycles. The van der Waals surface area contributed by atoms with E-state index >= 15 is 0 Å². The smallest absolute Gasteiger partial charge is 0.144 e. The van der Waals surface area contributed by atoms with Crippen molar-refractivity contribution in [3.8, 4) is 22.4 Å². The van der Waals surface area contributed by atoms with Crippen LogP contribution in [0.3, 0.4) is 0 Å². The minimum atomic E-state index is -2.23. The Morgan fingerprint density at radius 3 is 2.63 bits per heavy atom. The predicted octanol–water partition coefficient (Wildman–Crippen LogP) is 7.30. The molecule has 0 N–H and O–H groups in total. The normalized spacial score (nSPS) is 19.0. The maximum absolute atomic E-state index is 9.01. The molecule has 3 heterocycles. The summed E-state index contributed by atoms with van der Waals surface area (Å²) in [6.07, 6.45) is -3.64. The van der Waals surface area contributed by atoms with Crippen molar-refractivity contribution in [2.24, 2.45) is 5.41 Å². The summed E-state index contributed by atoms with van der Waals surface area (Å²) in [5.74, 6) is 0. The Kier molecular flexibility index (Phi) is 2.07. The number of benzene rings is 2. The van der Waals surface area contributed by atoms with Gasteiger partial charge in [-0.25, -0.2) is 0 Å². The van der Waals surface area contributed by atoms with E-state index in [1.165, 1.54) is 0 Å². The fourth-order valence-electron chi connectivity index (χ4n) is 2.94. The second kappa shape index (κ2) is 7.10. The van der Waals surface area contributed by atoms with Crippen molar-refractivity contribution in [3.05, 3.63) is 84.5 Å². The van der Waals surface area contributed by atoms with E-state index in [2.05, 4.69) is 9.97 Å². The summed E-state index contributed by atoms with van der Waals surface area (Å²) in [5, 5.41) is -0.306. The van der Waals surface area contributed by atoms with Crippen LogP contribution >= 0.6 is 0 Å². The van der Waals surface area contributed by atoms with Gasteiger partial charge >= 0.3 is 0 Å². The van der Waals surface area contributed by atoms with Gasteiger partial charge in [-0.2, -0.15) is 0 Å². The number of aromatic nitrogens is 2. The van der Waals surface area contributed by atoms with Gasteiger partial charge in [-0.1, -0.05) is 57.0 Å². The molecule has 0 amide bonds. The van der Waals surface area contributed by atoms with Crippen LogP contribution in [-0.4, -0.2) is 9.97 Å². The molecule has 3 heteroatoms. The van der Waals surface area contributed by atoms with Crippen LogP contribution in [0.5, 0.6) is 0 Å². The number of rotatable bonds is 3. The summed E-state index contributed by atoms with van der Waals surface area (Å²) in [6.45, 7) is 4.72. The largest absolute Gasteiger partial charge is 0.455 e. The molecule has 0 spiro atoms. The zero-order chi connectivity index (χ0) is 33.0. The number of furan rings is 1. The van der Waals surface area contributed by atoms with E-state index in [-0.39, 0.29) is 33.2 Å². The van der Waals surface area contributed by atoms with Gasteiger partial charge in [0.2, 0.25) is 0 Å². The lowest BCUT2D eigenvalue weighted by atomic mass is 9.90. The van der Waals surface area contributed by atoms with Gasteiger partial charge in [0.05, 0.1) is 22.1 Å². The van der Waals surface area contributed by atoms with Crippen LogP contribution in [-0.2, 0) is 6.37 Å². The summed E-state index contributed by atoms with van der Waals surface area (Å²) in [5.41, 5.74) is -3.49. The van der Waals surface area contributed by atoms with Crippen LogP contribution in [0.2, 0.25) is 0 Å². The number of fused-ring (bicyclic) bond motifs is 3. The van der Waals surface area contributed by atoms with Crippen molar-refractivity contribution >= 4 is 21.9 Å². The van der Waals surface area contributed by atoms with Crippen LogP contribution < -0.4 is 0 Å². The molecule has 0 unspecified atom stereocenters. The van der Waals surface area contributed by atoms with Crippen LogP contribution in [0, 0.1) is 5.41 Å². The van der Waals surface area contributed by atoms with Crippen molar-refractivity contribution in [2.45, 2.75) is 27.1 Å². The van der Waals surface area contributed by atoms with Crippen molar-refractivity contribution in [2.75, 3.05) is 0 Å². The molecule has 0 saturated heterocycles. The monoisotopic (exact) mass is 406 g/mol. The SMILES string of the molecule is [2H]c1cc(-c2nc([2H])c([2H])c(-c3c([2H])nc(C([2H])([2H])C(C)(C)C)c([2H])c3[2H])c2[2H])c2oc3c([2H])c([2H])c([2H])c([2H])c3c2c1[2H]. The molecule has 0 aliphatic heterocycles. The first-order valence-electron chi connectivity index (χ1n) is 16.1. The predicted molar refractivity (Wildman–Crippen MR) is 123 cm³/mol. The molecular formula is C27H24N2O. The first kappa shape index (κ1) is 8.73. The standard InChI is InChI=1S/C27H24N2O/c1-27(2,3)16-20-12-11-19(17-29-20)18-13-14-28-24(15-18)23-9-6-8-22-21-7-4-5-10-25(21)30-26(22)23/h4-15,17H,16H2,1-3H3/i4D,5D,6D,7D,8D,10D,11D,12D,13D,14D,15D,16D2,17D. The lowest BCUT2D eigenvalue weighted by Gasteiger charge is -2.17. The lowest BCUT2D eigenvalue weighted by Crippen LogP contribution is -2.10. The number of hydrogen-bond donors (Lipinski definition) is 0. The third-order valence-electron chi connectivity index (χ3n) is 4.17. The van der Waals surface area contributed by atoms with E-state index in [0.29, 0.717) is 0 Å². The summed E-state index contributed by atoms with van der Waals surface area (Å²) in [7, 11) is 0. The molecule has 0 saturated carbocycles. The van der Waals surface area contributed by atoms with Crippen LogP contribution in [0.25, 0.3) is 44.3 Å². The Bertz CT molecular complexity index is 2060. The summed E-state index contributed by atoms with van der Waals surface area (Å²) in [4.78, 5) is 8.03. The van der Waals surface area contributed by atoms with Crippen LogP contribution in [0.4, 0.5) is 0 Å². The van der Waals surface area contributed by atoms with Crippen molar-refractivity contribution in [3.63, 3.8) is 0 Å². The van der Waals surface area contributed by atoms with Gasteiger partial charge in [0.15, 0.2) is 0 Å². The molecule has 0 fully saturated rings. The first-order valence-corrected chi connectivity index (χ1v) is 9.13. The first-order chi connectivity index (χ1) is 20.2. The van der Waals surface area contributed by atoms with Gasteiger partial charge < -0.3 is 4.42 Å². The van der Waals surface area contributed by atoms with E-state index in [4.69, 9.17) is 23.6 Å². The number of pyridine rings is 2. The molecule has 0 radical (unpaired) electrons. The van der Waals surface area contributed by atoms with Gasteiger partial charge in [0.25, 0.3) is 0 Å². The minimum absolute atomic E-state index is 0.147. The molecule has 3 aromatic heterocycles. The van der Waals surface area contributed by atoms with Crippen molar-refractivity contribution in [1.82, 2.24) is 9.97 Å². The Morgan fingerprint density at radius 2 is 1.77 bits per heavy atom. The molecule has 3 nitrogen and oxygen atoms in total. The molecule has 0 aliphatic rings. The second-order valence-corrected chi connectivity index (χ2v) is 7.61. The summed E-state index contributed by atoms with van der Waals surface area (Å²) in [6, 6.07) is -4.56. The molecule has 30 heavy (non-hydrogen) atoms. The van der Waals surface area contributed by atoms with Gasteiger partial charge in [0.1, 0.15) is 11.2 Å². The van der Waals surface area contributed by atoms with Gasteiger partial charge in [-0.05, 0) is 47.6 Å². The van der Waals surface area contributed by atoms with Gasteiger partial charge in [0, 0.05) is 42.7 Å². The fraction of sp³-hybridized carbons (Fsp3) is 0.185. The molecule has 0 bridgehead atoms. The average molecular weight is 407 g/mol. The highest BCUT2D eigenvalue weighted by molar-refractivity contribution is 6.09. The molecule has 5 aromatic rings. The Labute approximate surface area is 196 Å². The number of para-hydroxylation sites is 2. The quantitative estimate of drug-likeness (QED) is 0.315. The van der Waals surface area contributed by atoms with Gasteiger partial charge in [-0.3, -0.25) is 9.97 Å². The molecule has 0 aliphatic carbocycles. The number of nitrogens with zero attached hydrogens (tertiary/aromatic N) is 2. The Hall–Kier alpha value is -3.46. The highest BCUT2D eigenvalue weighted by atomic mass is 16.3. The third kappa shape index (κ3) is 3.48. The fourth-order valence-corrected chi connectivity index (χ4v) is 2.94. The van der Waals surface area contributed by atoms with E-state index in [0.717, 1.165) is 6.07 Å². The van der Waals surface area contributed by atoms with Crippen molar-refractivity contribution in [1.29, 1.82) is 0 Å². The Morgan fingerprint density at radius 1 is 0.933 bits per heavy atom. The second-order valence-electron chi connectivity index (χ2n) is 7.61. The highest BCUT2D eigenvalue weighted by Gasteiger charge is 2.14. The van der Waals surface area contributed by atoms with E-state index in [1.54, 1.807) is 20.8 Å². The minimum Gasteiger partial charge on any atom is -0.455 e. The lowest BCUT2D eigenvalue weighted by molar-refractivity contribution is 0.406. The third-order valence-corrected chi connectivity index (χ3v) is 4.17. The Balaban J connectivity index is 1.89. The molecule has 5 rings (SSSR count). The van der Waals surface area contributed by atoms with E-state index < -0.39 is 101 Å². The molecular weight excluding hydrogens is 368 g/mol. The van der Waals surface area contributed by atoms with E-state index in [9.17, 15) is 0 Å². The topological polar surface area (TPSA) is 38.9 Å². The summed E-state index contributed by atoms with van der Waals surface area (Å²) >= 11 is 0. The zero-order valence-electron chi connectivity index (χ0n) is 30.4. The van der Waals surface area contributed by atoms with E-state index in [1.807, 2.05) is 0 Å². The highest BCUT2D eigenvalue weighted by Crippen LogP contribution is 2.35. The van der Waals surface area contributed by atoms with Crippen molar-refractivity contribution < 1.29 is 23.6 Å². The summed E-state index contributed by atoms with van der Waals surface area (Å²) < 4.78 is 124. The van der Waals surface area contributed by atoms with Crippen LogP contribution in [0.1, 0.15) is 45.7 Å². The van der Waals surface area contributed by atoms with Crippen LogP contribution in [0.15, 0.2) is 83.3 Å². The molecule has 148 valence electrons.